The Kier molecular flexibility index (Phi) is 6.87. The highest BCUT2D eigenvalue weighted by Crippen LogP contribution is 2.21. The molecule has 132 valence electrons. The second-order valence-corrected chi connectivity index (χ2v) is 7.50. The van der Waals surface area contributed by atoms with Gasteiger partial charge in [0.2, 0.25) is 5.91 Å². The fourth-order valence-corrected chi connectivity index (χ4v) is 1.63. The molecule has 0 aliphatic rings. The zero-order valence-electron chi connectivity index (χ0n) is 15.1. The van der Waals surface area contributed by atoms with E-state index in [4.69, 9.17) is 4.74 Å². The predicted molar refractivity (Wildman–Crippen MR) is 85.6 cm³/mol. The Balaban J connectivity index is 5.04. The van der Waals surface area contributed by atoms with Gasteiger partial charge in [0.05, 0.1) is 0 Å². The fourth-order valence-electron chi connectivity index (χ4n) is 1.63. The lowest BCUT2D eigenvalue weighted by molar-refractivity contribution is -0.132. The molecule has 2 atom stereocenters. The van der Waals surface area contributed by atoms with Crippen molar-refractivity contribution in [3.63, 3.8) is 0 Å². The second-order valence-electron chi connectivity index (χ2n) is 7.50. The van der Waals surface area contributed by atoms with E-state index in [1.165, 1.54) is 14.0 Å². The van der Waals surface area contributed by atoms with Gasteiger partial charge in [0.1, 0.15) is 17.7 Å². The van der Waals surface area contributed by atoms with Crippen LogP contribution in [0, 0.1) is 10.3 Å². The van der Waals surface area contributed by atoms with Crippen molar-refractivity contribution < 1.29 is 19.1 Å². The molecule has 23 heavy (non-hydrogen) atoms. The molecule has 0 spiro atoms. The number of nitroso groups, excluding NO2 is 1. The number of carbonyl (C=O) groups excluding carboxylic acids is 3. The summed E-state index contributed by atoms with van der Waals surface area (Å²) in [6, 6.07) is -1.95. The molecule has 0 aliphatic carbocycles. The molecule has 0 saturated heterocycles. The van der Waals surface area contributed by atoms with Gasteiger partial charge in [-0.1, -0.05) is 20.8 Å². The Hall–Kier alpha value is -1.99. The Morgan fingerprint density at radius 2 is 1.57 bits per heavy atom. The lowest BCUT2D eigenvalue weighted by Gasteiger charge is -2.31. The number of nitrogens with one attached hydrogen (secondary N) is 1. The first kappa shape index (κ1) is 21.0. The normalized spacial score (nSPS) is 14.4. The number of ether oxygens (including phenoxy) is 1. The third-order valence-electron chi connectivity index (χ3n) is 3.13. The number of carbonyl (C=O) groups is 3. The Bertz CT molecular complexity index is 476. The van der Waals surface area contributed by atoms with Crippen LogP contribution in [0.3, 0.4) is 0 Å². The summed E-state index contributed by atoms with van der Waals surface area (Å²) in [4.78, 5) is 47.5. The molecule has 8 nitrogen and oxygen atoms in total. The first-order chi connectivity index (χ1) is 10.2. The third kappa shape index (κ3) is 6.75. The molecule has 3 amide bonds. The van der Waals surface area contributed by atoms with E-state index in [0.29, 0.717) is 0 Å². The molecule has 0 rings (SSSR count). The van der Waals surface area contributed by atoms with Crippen molar-refractivity contribution in [3.05, 3.63) is 4.91 Å². The summed E-state index contributed by atoms with van der Waals surface area (Å²) in [5.74, 6) is -1.53. The molecular weight excluding hydrogens is 302 g/mol. The van der Waals surface area contributed by atoms with Crippen LogP contribution in [0.25, 0.3) is 0 Å². The van der Waals surface area contributed by atoms with Crippen LogP contribution in [0.2, 0.25) is 0 Å². The van der Waals surface area contributed by atoms with E-state index in [9.17, 15) is 19.3 Å². The first-order valence-electron chi connectivity index (χ1n) is 7.34. The smallest absolute Gasteiger partial charge is 0.410 e. The van der Waals surface area contributed by atoms with Crippen LogP contribution in [-0.4, -0.2) is 47.5 Å². The van der Waals surface area contributed by atoms with Crippen LogP contribution in [0.4, 0.5) is 4.79 Å². The molecule has 0 saturated carbocycles. The summed E-state index contributed by atoms with van der Waals surface area (Å²) in [6.45, 7) is 11.7. The maximum atomic E-state index is 12.3. The lowest BCUT2D eigenvalue weighted by Crippen LogP contribution is -2.55. The number of hydrogen-bond donors (Lipinski definition) is 1. The summed E-state index contributed by atoms with van der Waals surface area (Å²) >= 11 is 0. The fraction of sp³-hybridized carbons (Fsp3) is 0.800. The minimum atomic E-state index is -1.07. The second kappa shape index (κ2) is 7.52. The summed E-state index contributed by atoms with van der Waals surface area (Å²) < 4.78 is 5.18. The Morgan fingerprint density at radius 3 is 1.91 bits per heavy atom. The van der Waals surface area contributed by atoms with Crippen molar-refractivity contribution >= 4 is 17.9 Å². The van der Waals surface area contributed by atoms with Crippen molar-refractivity contribution in [1.82, 2.24) is 10.2 Å². The zero-order chi connectivity index (χ0) is 18.6. The van der Waals surface area contributed by atoms with E-state index in [1.54, 1.807) is 41.5 Å². The molecule has 8 heteroatoms. The lowest BCUT2D eigenvalue weighted by atomic mass is 9.86. The average Bonchev–Trinajstić information content (AvgIpc) is 2.38. The predicted octanol–water partition coefficient (Wildman–Crippen LogP) is 2.07. The maximum absolute atomic E-state index is 12.3. The van der Waals surface area contributed by atoms with Crippen molar-refractivity contribution in [2.24, 2.45) is 10.6 Å². The molecule has 0 heterocycles. The molecule has 1 unspecified atom stereocenters. The number of hydrogen-bond acceptors (Lipinski definition) is 5. The minimum absolute atomic E-state index is 0.574. The van der Waals surface area contributed by atoms with Crippen LogP contribution >= 0.6 is 0 Å². The molecule has 0 aromatic rings. The summed E-state index contributed by atoms with van der Waals surface area (Å²) in [5, 5.41) is 4.86. The van der Waals surface area contributed by atoms with Gasteiger partial charge < -0.3 is 10.1 Å². The number of likely N-dealkylation sites (N-methyl/N-ethyl adjacent to an activating group) is 1. The molecular formula is C15H27N3O5. The van der Waals surface area contributed by atoms with Crippen molar-refractivity contribution in [1.29, 1.82) is 0 Å². The average molecular weight is 329 g/mol. The largest absolute Gasteiger partial charge is 0.444 e. The number of nitrogens with zero attached hydrogens (tertiary/aromatic N) is 2. The SMILES string of the molecule is C[C@@H](C(=O)NC(C(=O)N=O)C(C)(C)C)N(C)C(=O)OC(C)(C)C. The molecule has 0 bridgehead atoms. The monoisotopic (exact) mass is 329 g/mol. The molecule has 0 aliphatic heterocycles. The molecule has 0 aromatic carbocycles. The highest BCUT2D eigenvalue weighted by Gasteiger charge is 2.36. The van der Waals surface area contributed by atoms with Gasteiger partial charge in [0, 0.05) is 12.2 Å². The first-order valence-corrected chi connectivity index (χ1v) is 7.34. The quantitative estimate of drug-likeness (QED) is 0.795. The van der Waals surface area contributed by atoms with E-state index >= 15 is 0 Å². The highest BCUT2D eigenvalue weighted by molar-refractivity contribution is 5.91. The van der Waals surface area contributed by atoms with Gasteiger partial charge in [-0.15, -0.1) is 4.91 Å². The van der Waals surface area contributed by atoms with Gasteiger partial charge in [0.15, 0.2) is 0 Å². The van der Waals surface area contributed by atoms with Gasteiger partial charge >= 0.3 is 12.0 Å². The van der Waals surface area contributed by atoms with Crippen molar-refractivity contribution in [2.45, 2.75) is 66.2 Å². The van der Waals surface area contributed by atoms with E-state index in [2.05, 4.69) is 10.5 Å². The maximum Gasteiger partial charge on any atom is 0.410 e. The van der Waals surface area contributed by atoms with Crippen LogP contribution in [-0.2, 0) is 14.3 Å². The van der Waals surface area contributed by atoms with Gasteiger partial charge in [0.25, 0.3) is 0 Å². The zero-order valence-corrected chi connectivity index (χ0v) is 15.1. The standard InChI is InChI=1S/C15H27N3O5/c1-9(18(8)13(21)23-15(5,6)7)11(19)16-10(12(20)17-22)14(2,3)4/h9-10H,1-8H3,(H,16,19)/t9-,10?/m0/s1. The van der Waals surface area contributed by atoms with Crippen LogP contribution in [0.5, 0.6) is 0 Å². The van der Waals surface area contributed by atoms with E-state index in [-0.39, 0.29) is 0 Å². The molecule has 0 fully saturated rings. The van der Waals surface area contributed by atoms with Crippen molar-refractivity contribution in [2.75, 3.05) is 7.05 Å². The molecule has 0 radical (unpaired) electrons. The number of amides is 3. The summed E-state index contributed by atoms with van der Waals surface area (Å²) in [6.07, 6.45) is -0.660. The van der Waals surface area contributed by atoms with E-state index in [1.807, 2.05) is 0 Å². The topological polar surface area (TPSA) is 105 Å². The van der Waals surface area contributed by atoms with E-state index < -0.39 is 41.0 Å². The molecule has 0 aromatic heterocycles. The minimum Gasteiger partial charge on any atom is -0.444 e. The van der Waals surface area contributed by atoms with Crippen molar-refractivity contribution in [3.8, 4) is 0 Å². The summed E-state index contributed by atoms with van der Waals surface area (Å²) in [7, 11) is 1.42. The van der Waals surface area contributed by atoms with Crippen LogP contribution in [0.1, 0.15) is 48.5 Å². The number of rotatable bonds is 4. The van der Waals surface area contributed by atoms with Gasteiger partial charge in [-0.3, -0.25) is 14.5 Å². The Labute approximate surface area is 136 Å². The highest BCUT2D eigenvalue weighted by atomic mass is 16.6. The van der Waals surface area contributed by atoms with Crippen LogP contribution < -0.4 is 5.32 Å². The Morgan fingerprint density at radius 1 is 1.09 bits per heavy atom. The van der Waals surface area contributed by atoms with Crippen LogP contribution in [0.15, 0.2) is 5.18 Å². The summed E-state index contributed by atoms with van der Waals surface area (Å²) in [5.41, 5.74) is -1.38. The third-order valence-corrected chi connectivity index (χ3v) is 3.13. The van der Waals surface area contributed by atoms with E-state index in [0.717, 1.165) is 4.90 Å². The van der Waals surface area contributed by atoms with Gasteiger partial charge in [-0.2, -0.15) is 0 Å². The molecule has 1 N–H and O–H groups in total. The van der Waals surface area contributed by atoms with Gasteiger partial charge in [-0.25, -0.2) is 4.79 Å². The van der Waals surface area contributed by atoms with Gasteiger partial charge in [-0.05, 0) is 33.1 Å².